The van der Waals surface area contributed by atoms with Gasteiger partial charge in [-0.1, -0.05) is 6.92 Å². The molecule has 0 saturated carbocycles. The van der Waals surface area contributed by atoms with E-state index in [1.54, 1.807) is 6.92 Å². The van der Waals surface area contributed by atoms with Crippen LogP contribution in [0.4, 0.5) is 0 Å². The summed E-state index contributed by atoms with van der Waals surface area (Å²) in [5.74, 6) is -2.30. The summed E-state index contributed by atoms with van der Waals surface area (Å²) in [6.45, 7) is 1.63. The van der Waals surface area contributed by atoms with Crippen molar-refractivity contribution in [1.29, 1.82) is 0 Å². The summed E-state index contributed by atoms with van der Waals surface area (Å²) in [6, 6.07) is -1.63. The van der Waals surface area contributed by atoms with Gasteiger partial charge in [-0.3, -0.25) is 14.4 Å². The van der Waals surface area contributed by atoms with Crippen LogP contribution in [0.25, 0.3) is 0 Å². The molecule has 0 aromatic rings. The molecule has 2 N–H and O–H groups in total. The fourth-order valence-electron chi connectivity index (χ4n) is 2.09. The molecule has 0 radical (unpaired) electrons. The molecule has 0 aromatic heterocycles. The Labute approximate surface area is 122 Å². The summed E-state index contributed by atoms with van der Waals surface area (Å²) in [6.07, 6.45) is 0.621. The number of esters is 2. The highest BCUT2D eigenvalue weighted by Gasteiger charge is 2.34. The minimum Gasteiger partial charge on any atom is -0.469 e. The standard InChI is InChI=1S/C13H20N2O6/c1-7(6-10(17)20-2)11(13(19)21-3)15-12(18)8-4-5-9(16)14-8/h7-8,11H,4-6H2,1-3H3,(H,14,16)(H,15,18)/t7-,8-,11-/m1/s1. The first kappa shape index (κ1) is 16.9. The van der Waals surface area contributed by atoms with E-state index in [2.05, 4.69) is 20.1 Å². The quantitative estimate of drug-likeness (QED) is 0.616. The van der Waals surface area contributed by atoms with E-state index in [0.717, 1.165) is 0 Å². The van der Waals surface area contributed by atoms with Crippen LogP contribution in [0, 0.1) is 5.92 Å². The first-order chi connectivity index (χ1) is 9.88. The first-order valence-electron chi connectivity index (χ1n) is 6.63. The molecule has 0 bridgehead atoms. The molecule has 1 aliphatic heterocycles. The number of carbonyl (C=O) groups is 4. The summed E-state index contributed by atoms with van der Waals surface area (Å²) in [5.41, 5.74) is 0. The molecule has 8 heteroatoms. The van der Waals surface area contributed by atoms with Crippen LogP contribution in [0.1, 0.15) is 26.2 Å². The number of hydrogen-bond acceptors (Lipinski definition) is 6. The second-order valence-corrected chi connectivity index (χ2v) is 4.93. The lowest BCUT2D eigenvalue weighted by Gasteiger charge is -2.23. The predicted molar refractivity (Wildman–Crippen MR) is 70.9 cm³/mol. The maximum Gasteiger partial charge on any atom is 0.328 e. The number of nitrogens with one attached hydrogen (secondary N) is 2. The summed E-state index contributed by atoms with van der Waals surface area (Å²) in [5, 5.41) is 5.04. The third-order valence-electron chi connectivity index (χ3n) is 3.35. The molecule has 1 rings (SSSR count). The molecule has 0 aliphatic carbocycles. The molecule has 1 saturated heterocycles. The smallest absolute Gasteiger partial charge is 0.328 e. The number of carbonyl (C=O) groups excluding carboxylic acids is 4. The Morgan fingerprint density at radius 1 is 1.33 bits per heavy atom. The van der Waals surface area contributed by atoms with Gasteiger partial charge in [0, 0.05) is 6.42 Å². The lowest BCUT2D eigenvalue weighted by atomic mass is 9.97. The number of ether oxygens (including phenoxy) is 2. The molecule has 1 fully saturated rings. The van der Waals surface area contributed by atoms with Gasteiger partial charge in [0.2, 0.25) is 11.8 Å². The Morgan fingerprint density at radius 3 is 2.48 bits per heavy atom. The Hall–Kier alpha value is -2.12. The van der Waals surface area contributed by atoms with Gasteiger partial charge in [-0.15, -0.1) is 0 Å². The van der Waals surface area contributed by atoms with Crippen molar-refractivity contribution in [2.24, 2.45) is 5.92 Å². The van der Waals surface area contributed by atoms with Crippen LogP contribution in [0.2, 0.25) is 0 Å². The molecule has 1 heterocycles. The third kappa shape index (κ3) is 4.73. The van der Waals surface area contributed by atoms with Crippen LogP contribution in [-0.2, 0) is 28.7 Å². The van der Waals surface area contributed by atoms with E-state index < -0.39 is 35.8 Å². The lowest BCUT2D eigenvalue weighted by molar-refractivity contribution is -0.148. The van der Waals surface area contributed by atoms with E-state index in [9.17, 15) is 19.2 Å². The largest absolute Gasteiger partial charge is 0.469 e. The number of hydrogen-bond donors (Lipinski definition) is 2. The summed E-state index contributed by atoms with van der Waals surface area (Å²) < 4.78 is 9.18. The normalized spacial score (nSPS) is 20.1. The van der Waals surface area contributed by atoms with Gasteiger partial charge in [0.25, 0.3) is 0 Å². The molecule has 8 nitrogen and oxygen atoms in total. The number of methoxy groups -OCH3 is 2. The Kier molecular flexibility index (Phi) is 6.13. The van der Waals surface area contributed by atoms with E-state index >= 15 is 0 Å². The molecule has 0 spiro atoms. The molecular formula is C13H20N2O6. The van der Waals surface area contributed by atoms with Crippen molar-refractivity contribution in [2.45, 2.75) is 38.3 Å². The molecule has 21 heavy (non-hydrogen) atoms. The van der Waals surface area contributed by atoms with Crippen LogP contribution in [0.15, 0.2) is 0 Å². The summed E-state index contributed by atoms with van der Waals surface area (Å²) in [4.78, 5) is 46.2. The zero-order chi connectivity index (χ0) is 16.0. The van der Waals surface area contributed by atoms with Crippen LogP contribution >= 0.6 is 0 Å². The van der Waals surface area contributed by atoms with E-state index in [1.807, 2.05) is 0 Å². The van der Waals surface area contributed by atoms with Gasteiger partial charge in [0.1, 0.15) is 12.1 Å². The Balaban J connectivity index is 2.69. The van der Waals surface area contributed by atoms with Crippen molar-refractivity contribution in [2.75, 3.05) is 14.2 Å². The van der Waals surface area contributed by atoms with Crippen LogP contribution in [0.5, 0.6) is 0 Å². The maximum atomic E-state index is 12.0. The molecule has 118 valence electrons. The van der Waals surface area contributed by atoms with E-state index in [4.69, 9.17) is 0 Å². The Bertz CT molecular complexity index is 436. The highest BCUT2D eigenvalue weighted by atomic mass is 16.5. The molecular weight excluding hydrogens is 280 g/mol. The van der Waals surface area contributed by atoms with Crippen LogP contribution in [-0.4, -0.2) is 50.1 Å². The van der Waals surface area contributed by atoms with Gasteiger partial charge >= 0.3 is 11.9 Å². The third-order valence-corrected chi connectivity index (χ3v) is 3.35. The summed E-state index contributed by atoms with van der Waals surface area (Å²) >= 11 is 0. The van der Waals surface area contributed by atoms with Gasteiger partial charge in [0.05, 0.1) is 20.6 Å². The molecule has 3 atom stereocenters. The van der Waals surface area contributed by atoms with E-state index in [0.29, 0.717) is 6.42 Å². The van der Waals surface area contributed by atoms with Crippen molar-refractivity contribution in [1.82, 2.24) is 10.6 Å². The van der Waals surface area contributed by atoms with Crippen molar-refractivity contribution >= 4 is 23.8 Å². The van der Waals surface area contributed by atoms with Gasteiger partial charge in [0.15, 0.2) is 0 Å². The summed E-state index contributed by atoms with van der Waals surface area (Å²) in [7, 11) is 2.44. The second-order valence-electron chi connectivity index (χ2n) is 4.93. The van der Waals surface area contributed by atoms with Crippen LogP contribution < -0.4 is 10.6 Å². The molecule has 0 aromatic carbocycles. The fourth-order valence-corrected chi connectivity index (χ4v) is 2.09. The molecule has 2 amide bonds. The minimum absolute atomic E-state index is 0.0342. The monoisotopic (exact) mass is 300 g/mol. The predicted octanol–water partition coefficient (Wildman–Crippen LogP) is -0.878. The number of rotatable bonds is 6. The van der Waals surface area contributed by atoms with Gasteiger partial charge in [-0.05, 0) is 12.3 Å². The van der Waals surface area contributed by atoms with Crippen molar-refractivity contribution in [3.63, 3.8) is 0 Å². The minimum atomic E-state index is -0.973. The second kappa shape index (κ2) is 7.61. The average Bonchev–Trinajstić information content (AvgIpc) is 2.89. The SMILES string of the molecule is COC(=O)C[C@@H](C)[C@@H](NC(=O)[C@H]1CCC(=O)N1)C(=O)OC. The number of amides is 2. The van der Waals surface area contributed by atoms with Crippen LogP contribution in [0.3, 0.4) is 0 Å². The van der Waals surface area contributed by atoms with Crippen molar-refractivity contribution < 1.29 is 28.7 Å². The maximum absolute atomic E-state index is 12.0. The zero-order valence-corrected chi connectivity index (χ0v) is 12.3. The average molecular weight is 300 g/mol. The van der Waals surface area contributed by atoms with Gasteiger partial charge in [-0.25, -0.2) is 4.79 Å². The highest BCUT2D eigenvalue weighted by Crippen LogP contribution is 2.13. The highest BCUT2D eigenvalue weighted by molar-refractivity contribution is 5.93. The van der Waals surface area contributed by atoms with Gasteiger partial charge < -0.3 is 20.1 Å². The first-order valence-corrected chi connectivity index (χ1v) is 6.63. The fraction of sp³-hybridized carbons (Fsp3) is 0.692. The van der Waals surface area contributed by atoms with Crippen molar-refractivity contribution in [3.8, 4) is 0 Å². The zero-order valence-electron chi connectivity index (χ0n) is 12.3. The molecule has 0 unspecified atom stereocenters. The van der Waals surface area contributed by atoms with Gasteiger partial charge in [-0.2, -0.15) is 0 Å². The van der Waals surface area contributed by atoms with E-state index in [1.165, 1.54) is 14.2 Å². The molecule has 1 aliphatic rings. The lowest BCUT2D eigenvalue weighted by Crippen LogP contribution is -2.51. The van der Waals surface area contributed by atoms with Crippen molar-refractivity contribution in [3.05, 3.63) is 0 Å². The van der Waals surface area contributed by atoms with E-state index in [-0.39, 0.29) is 18.7 Å². The Morgan fingerprint density at radius 2 is 2.00 bits per heavy atom. The topological polar surface area (TPSA) is 111 Å².